The predicted octanol–water partition coefficient (Wildman–Crippen LogP) is 14.4. The van der Waals surface area contributed by atoms with Gasteiger partial charge in [-0.15, -0.1) is 0 Å². The van der Waals surface area contributed by atoms with E-state index in [4.69, 9.17) is 23.7 Å². The van der Waals surface area contributed by atoms with Crippen LogP contribution in [0.1, 0.15) is 39.5 Å². The lowest BCUT2D eigenvalue weighted by atomic mass is 10.0. The van der Waals surface area contributed by atoms with E-state index in [1.54, 1.807) is 28.4 Å². The molecule has 0 aliphatic rings. The van der Waals surface area contributed by atoms with Crippen LogP contribution in [-0.4, -0.2) is 39.6 Å². The van der Waals surface area contributed by atoms with Crippen LogP contribution in [0, 0.1) is 5.92 Å². The fraction of sp³-hybridized carbons (Fsp3) is 0.222. The minimum absolute atomic E-state index is 0.544. The number of benzene rings is 7. The van der Waals surface area contributed by atoms with E-state index < -0.39 is 0 Å². The molecule has 0 saturated heterocycles. The van der Waals surface area contributed by atoms with Gasteiger partial charge in [-0.3, -0.25) is 0 Å². The maximum atomic E-state index is 6.41. The molecule has 0 fully saturated rings. The Bertz CT molecular complexity index is 2440. The molecule has 0 aliphatic carbocycles. The number of rotatable bonds is 18. The van der Waals surface area contributed by atoms with E-state index in [1.807, 2.05) is 48.5 Å². The van der Waals surface area contributed by atoms with Gasteiger partial charge in [0.2, 0.25) is 0 Å². The molecule has 0 saturated carbocycles. The quantitative estimate of drug-likeness (QED) is 0.0854. The van der Waals surface area contributed by atoms with Crippen LogP contribution in [0.15, 0.2) is 158 Å². The first-order valence-corrected chi connectivity index (χ1v) is 21.4. The van der Waals surface area contributed by atoms with Gasteiger partial charge in [0.05, 0.1) is 46.1 Å². The van der Waals surface area contributed by atoms with Crippen LogP contribution in [-0.2, 0) is 0 Å². The van der Waals surface area contributed by atoms with Gasteiger partial charge in [0.15, 0.2) is 0 Å². The van der Waals surface area contributed by atoms with Crippen molar-refractivity contribution in [1.29, 1.82) is 0 Å². The van der Waals surface area contributed by atoms with Crippen LogP contribution in [0.5, 0.6) is 28.7 Å². The summed E-state index contributed by atoms with van der Waals surface area (Å²) in [5, 5.41) is 2.28. The Labute approximate surface area is 365 Å². The van der Waals surface area contributed by atoms with Gasteiger partial charge < -0.3 is 38.1 Å². The molecule has 8 rings (SSSR count). The number of methoxy groups -OCH3 is 4. The molecule has 1 aromatic heterocycles. The minimum Gasteiger partial charge on any atom is -0.497 e. The first kappa shape index (κ1) is 41.7. The van der Waals surface area contributed by atoms with Crippen molar-refractivity contribution < 1.29 is 23.7 Å². The second-order valence-electron chi connectivity index (χ2n) is 15.4. The highest BCUT2D eigenvalue weighted by atomic mass is 16.5. The molecule has 0 aliphatic heterocycles. The van der Waals surface area contributed by atoms with Crippen LogP contribution in [0.3, 0.4) is 0 Å². The van der Waals surface area contributed by atoms with Crippen molar-refractivity contribution in [3.8, 4) is 34.4 Å². The zero-order chi connectivity index (χ0) is 43.0. The van der Waals surface area contributed by atoms with E-state index in [-0.39, 0.29) is 0 Å². The molecule has 0 bridgehead atoms. The number of hydrogen-bond donors (Lipinski definition) is 0. The molecular formula is C54H55N3O5. The summed E-state index contributed by atoms with van der Waals surface area (Å²) < 4.78 is 31.0. The second kappa shape index (κ2) is 19.1. The van der Waals surface area contributed by atoms with Crippen LogP contribution in [0.25, 0.3) is 27.5 Å². The van der Waals surface area contributed by atoms with Gasteiger partial charge in [-0.25, -0.2) is 0 Å². The molecule has 1 unspecified atom stereocenters. The molecule has 0 spiro atoms. The maximum absolute atomic E-state index is 6.41. The highest BCUT2D eigenvalue weighted by molar-refractivity contribution is 6.11. The molecule has 1 atom stereocenters. The summed E-state index contributed by atoms with van der Waals surface area (Å²) in [6.07, 6.45) is 4.72. The smallest absolute Gasteiger partial charge is 0.119 e. The summed E-state index contributed by atoms with van der Waals surface area (Å²) in [7, 11) is 6.76. The summed E-state index contributed by atoms with van der Waals surface area (Å²) in [5.74, 6) is 4.61. The van der Waals surface area contributed by atoms with Crippen molar-refractivity contribution in [1.82, 2.24) is 4.57 Å². The van der Waals surface area contributed by atoms with Gasteiger partial charge in [-0.1, -0.05) is 45.2 Å². The molecule has 1 heterocycles. The number of anilines is 6. The van der Waals surface area contributed by atoms with Crippen LogP contribution < -0.4 is 33.5 Å². The molecule has 0 amide bonds. The number of unbranched alkanes of at least 4 members (excludes halogenated alkanes) is 1. The number of nitrogens with zero attached hydrogens (tertiary/aromatic N) is 3. The third kappa shape index (κ3) is 8.73. The fourth-order valence-corrected chi connectivity index (χ4v) is 8.17. The molecule has 8 aromatic rings. The zero-order valence-electron chi connectivity index (χ0n) is 36.5. The Kier molecular flexibility index (Phi) is 12.8. The van der Waals surface area contributed by atoms with E-state index >= 15 is 0 Å². The normalized spacial score (nSPS) is 11.6. The molecule has 8 heteroatoms. The SMILES string of the molecule is CCCCC(CC)COc1ccc(-n2c3cc(N(c4ccc(OC)cc4)c4ccc(OC)cc4)ccc3c3ccc(N(c4ccc(OC)cc4)c4ccc(OC)cc4)cc32)cc1. The van der Waals surface area contributed by atoms with Crippen LogP contribution >= 0.6 is 0 Å². The molecule has 316 valence electrons. The van der Waals surface area contributed by atoms with Gasteiger partial charge in [-0.05, 0) is 158 Å². The average molecular weight is 826 g/mol. The molecular weight excluding hydrogens is 771 g/mol. The highest BCUT2D eigenvalue weighted by Gasteiger charge is 2.21. The predicted molar refractivity (Wildman–Crippen MR) is 255 cm³/mol. The third-order valence-electron chi connectivity index (χ3n) is 11.7. The Hall–Kier alpha value is -7.06. The van der Waals surface area contributed by atoms with Crippen LogP contribution in [0.2, 0.25) is 0 Å². The molecule has 7 aromatic carbocycles. The van der Waals surface area contributed by atoms with Crippen molar-refractivity contribution in [3.05, 3.63) is 158 Å². The Morgan fingerprint density at radius 2 is 0.790 bits per heavy atom. The largest absolute Gasteiger partial charge is 0.497 e. The summed E-state index contributed by atoms with van der Waals surface area (Å²) in [6, 6.07) is 54.7. The maximum Gasteiger partial charge on any atom is 0.119 e. The number of aromatic nitrogens is 1. The summed E-state index contributed by atoms with van der Waals surface area (Å²) in [5.41, 5.74) is 9.19. The molecule has 0 N–H and O–H groups in total. The monoisotopic (exact) mass is 825 g/mol. The molecule has 62 heavy (non-hydrogen) atoms. The second-order valence-corrected chi connectivity index (χ2v) is 15.4. The first-order chi connectivity index (χ1) is 30.4. The van der Waals surface area contributed by atoms with Crippen molar-refractivity contribution in [3.63, 3.8) is 0 Å². The van der Waals surface area contributed by atoms with Gasteiger partial charge in [0, 0.05) is 50.6 Å². The highest BCUT2D eigenvalue weighted by Crippen LogP contribution is 2.43. The summed E-state index contributed by atoms with van der Waals surface area (Å²) in [6.45, 7) is 5.22. The van der Waals surface area contributed by atoms with E-state index in [9.17, 15) is 0 Å². The number of fused-ring (bicyclic) bond motifs is 3. The summed E-state index contributed by atoms with van der Waals surface area (Å²) >= 11 is 0. The first-order valence-electron chi connectivity index (χ1n) is 21.4. The van der Waals surface area contributed by atoms with Crippen LogP contribution in [0.4, 0.5) is 34.1 Å². The Morgan fingerprint density at radius 1 is 0.435 bits per heavy atom. The van der Waals surface area contributed by atoms with Crippen molar-refractivity contribution >= 4 is 55.9 Å². The van der Waals surface area contributed by atoms with Crippen molar-refractivity contribution in [2.75, 3.05) is 44.8 Å². The lowest BCUT2D eigenvalue weighted by Gasteiger charge is -2.26. The average Bonchev–Trinajstić information content (AvgIpc) is 3.65. The topological polar surface area (TPSA) is 57.6 Å². The Morgan fingerprint density at radius 3 is 1.13 bits per heavy atom. The number of hydrogen-bond acceptors (Lipinski definition) is 7. The standard InChI is InChI=1S/C54H55N3O5/c1-7-9-10-38(8-2)37-62-50-31-19-43(20-32-50)57-53-35-44(55(39-11-23-46(58-3)24-12-39)40-13-25-47(59-4)26-14-40)21-33-51(53)52-34-22-45(36-54(52)57)56(41-15-27-48(60-5)28-16-41)42-17-29-49(61-6)30-18-42/h11-36,38H,7-10,37H2,1-6H3. The van der Waals surface area contributed by atoms with Crippen molar-refractivity contribution in [2.45, 2.75) is 39.5 Å². The zero-order valence-corrected chi connectivity index (χ0v) is 36.5. The lowest BCUT2D eigenvalue weighted by Crippen LogP contribution is -2.11. The van der Waals surface area contributed by atoms with E-state index in [1.165, 1.54) is 19.3 Å². The van der Waals surface area contributed by atoms with Crippen molar-refractivity contribution in [2.24, 2.45) is 5.92 Å². The molecule has 8 nitrogen and oxygen atoms in total. The van der Waals surface area contributed by atoms with Gasteiger partial charge >= 0.3 is 0 Å². The molecule has 0 radical (unpaired) electrons. The number of ether oxygens (including phenoxy) is 5. The minimum atomic E-state index is 0.544. The lowest BCUT2D eigenvalue weighted by molar-refractivity contribution is 0.233. The van der Waals surface area contributed by atoms with E-state index in [0.717, 1.165) is 103 Å². The van der Waals surface area contributed by atoms with Gasteiger partial charge in [-0.2, -0.15) is 0 Å². The Balaban J connectivity index is 1.31. The van der Waals surface area contributed by atoms with Gasteiger partial charge in [0.25, 0.3) is 0 Å². The van der Waals surface area contributed by atoms with E-state index in [2.05, 4.69) is 137 Å². The summed E-state index contributed by atoms with van der Waals surface area (Å²) in [4.78, 5) is 4.53. The van der Waals surface area contributed by atoms with Gasteiger partial charge in [0.1, 0.15) is 28.7 Å². The van der Waals surface area contributed by atoms with E-state index in [0.29, 0.717) is 5.92 Å². The fourth-order valence-electron chi connectivity index (χ4n) is 8.17. The third-order valence-corrected chi connectivity index (χ3v) is 11.7.